The van der Waals surface area contributed by atoms with E-state index in [1.807, 2.05) is 44.3 Å². The van der Waals surface area contributed by atoms with Gasteiger partial charge in [-0.3, -0.25) is 4.99 Å². The number of guanidine groups is 1. The molecule has 0 saturated carbocycles. The molecule has 1 aliphatic rings. The molecule has 5 nitrogen and oxygen atoms in total. The predicted molar refractivity (Wildman–Crippen MR) is 114 cm³/mol. The van der Waals surface area contributed by atoms with Crippen LogP contribution in [-0.4, -0.2) is 56.9 Å². The van der Waals surface area contributed by atoms with Gasteiger partial charge in [0.2, 0.25) is 0 Å². The van der Waals surface area contributed by atoms with Crippen LogP contribution < -0.4 is 10.1 Å². The molecule has 0 bridgehead atoms. The number of nitrogens with zero attached hydrogens (tertiary/aromatic N) is 2. The van der Waals surface area contributed by atoms with Crippen LogP contribution in [0.25, 0.3) is 0 Å². The van der Waals surface area contributed by atoms with Gasteiger partial charge in [0.25, 0.3) is 0 Å². The molecule has 2 rings (SSSR count). The first kappa shape index (κ1) is 22.0. The number of likely N-dealkylation sites (tertiary alicyclic amines) is 1. The normalized spacial score (nSPS) is 15.6. The SMILES string of the molecule is CCOCCCCNC(=NC)N1CCC(Oc2ccccc2)CC1.I. The summed E-state index contributed by atoms with van der Waals surface area (Å²) in [5.41, 5.74) is 0. The Bertz CT molecular complexity index is 477. The third kappa shape index (κ3) is 8.27. The molecule has 1 N–H and O–H groups in total. The van der Waals surface area contributed by atoms with Crippen molar-refractivity contribution in [3.05, 3.63) is 30.3 Å². The summed E-state index contributed by atoms with van der Waals surface area (Å²) in [6.07, 6.45) is 4.55. The number of rotatable bonds is 8. The molecule has 0 amide bonds. The summed E-state index contributed by atoms with van der Waals surface area (Å²) in [6.45, 7) is 6.59. The van der Waals surface area contributed by atoms with Crippen LogP contribution in [0.1, 0.15) is 32.6 Å². The molecular formula is C19H32IN3O2. The number of hydrogen-bond donors (Lipinski definition) is 1. The van der Waals surface area contributed by atoms with Gasteiger partial charge in [-0.2, -0.15) is 0 Å². The predicted octanol–water partition coefficient (Wildman–Crippen LogP) is 3.54. The van der Waals surface area contributed by atoms with Gasteiger partial charge in [0.15, 0.2) is 5.96 Å². The summed E-state index contributed by atoms with van der Waals surface area (Å²) in [5, 5.41) is 3.46. The lowest BCUT2D eigenvalue weighted by atomic mass is 10.1. The second-order valence-corrected chi connectivity index (χ2v) is 6.00. The van der Waals surface area contributed by atoms with Crippen LogP contribution in [0, 0.1) is 0 Å². The minimum atomic E-state index is 0. The zero-order chi connectivity index (χ0) is 17.0. The van der Waals surface area contributed by atoms with Gasteiger partial charge in [0.1, 0.15) is 11.9 Å². The second-order valence-electron chi connectivity index (χ2n) is 6.00. The van der Waals surface area contributed by atoms with Crippen LogP contribution >= 0.6 is 24.0 Å². The average molecular weight is 461 g/mol. The van der Waals surface area contributed by atoms with Crippen molar-refractivity contribution >= 4 is 29.9 Å². The molecule has 6 heteroatoms. The van der Waals surface area contributed by atoms with Gasteiger partial charge in [-0.25, -0.2) is 0 Å². The van der Waals surface area contributed by atoms with E-state index in [1.165, 1.54) is 0 Å². The number of unbranched alkanes of at least 4 members (excludes halogenated alkanes) is 1. The fourth-order valence-corrected chi connectivity index (χ4v) is 2.88. The summed E-state index contributed by atoms with van der Waals surface area (Å²) in [4.78, 5) is 6.74. The van der Waals surface area contributed by atoms with Gasteiger partial charge in [-0.05, 0) is 31.9 Å². The lowest BCUT2D eigenvalue weighted by Gasteiger charge is -2.34. The topological polar surface area (TPSA) is 46.1 Å². The van der Waals surface area contributed by atoms with E-state index in [1.54, 1.807) is 0 Å². The van der Waals surface area contributed by atoms with Crippen molar-refractivity contribution in [2.24, 2.45) is 4.99 Å². The van der Waals surface area contributed by atoms with Gasteiger partial charge in [0, 0.05) is 52.7 Å². The highest BCUT2D eigenvalue weighted by molar-refractivity contribution is 14.0. The van der Waals surface area contributed by atoms with Crippen molar-refractivity contribution < 1.29 is 9.47 Å². The highest BCUT2D eigenvalue weighted by atomic mass is 127. The molecule has 0 spiro atoms. The Morgan fingerprint density at radius 2 is 1.92 bits per heavy atom. The van der Waals surface area contributed by atoms with Gasteiger partial charge in [-0.15, -0.1) is 24.0 Å². The number of nitrogens with one attached hydrogen (secondary N) is 1. The number of hydrogen-bond acceptors (Lipinski definition) is 3. The molecule has 1 fully saturated rings. The summed E-state index contributed by atoms with van der Waals surface area (Å²) in [5.74, 6) is 1.97. The molecule has 0 unspecified atom stereocenters. The van der Waals surface area contributed by atoms with E-state index >= 15 is 0 Å². The van der Waals surface area contributed by atoms with E-state index < -0.39 is 0 Å². The monoisotopic (exact) mass is 461 g/mol. The van der Waals surface area contributed by atoms with E-state index in [9.17, 15) is 0 Å². The molecule has 1 aromatic rings. The number of aliphatic imine (C=N–C) groups is 1. The van der Waals surface area contributed by atoms with Crippen LogP contribution in [-0.2, 0) is 4.74 Å². The molecular weight excluding hydrogens is 429 g/mol. The smallest absolute Gasteiger partial charge is 0.193 e. The first-order chi connectivity index (χ1) is 11.8. The second kappa shape index (κ2) is 13.2. The molecule has 0 aliphatic carbocycles. The van der Waals surface area contributed by atoms with Crippen LogP contribution in [0.5, 0.6) is 5.75 Å². The maximum Gasteiger partial charge on any atom is 0.193 e. The fraction of sp³-hybridized carbons (Fsp3) is 0.632. The van der Waals surface area contributed by atoms with Gasteiger partial charge in [0.05, 0.1) is 0 Å². The quantitative estimate of drug-likeness (QED) is 0.279. The highest BCUT2D eigenvalue weighted by Gasteiger charge is 2.22. The van der Waals surface area contributed by atoms with E-state index in [2.05, 4.69) is 15.2 Å². The third-order valence-corrected chi connectivity index (χ3v) is 4.20. The van der Waals surface area contributed by atoms with E-state index in [4.69, 9.17) is 9.47 Å². The first-order valence-electron chi connectivity index (χ1n) is 9.08. The standard InChI is InChI=1S/C19H31N3O2.HI/c1-3-23-16-8-7-13-21-19(20-2)22-14-11-18(12-15-22)24-17-9-5-4-6-10-17;/h4-6,9-10,18H,3,7-8,11-16H2,1-2H3,(H,20,21);1H. The van der Waals surface area contributed by atoms with Crippen LogP contribution in [0.3, 0.4) is 0 Å². The lowest BCUT2D eigenvalue weighted by molar-refractivity contribution is 0.129. The Morgan fingerprint density at radius 3 is 2.56 bits per heavy atom. The third-order valence-electron chi connectivity index (χ3n) is 4.20. The maximum atomic E-state index is 6.05. The summed E-state index contributed by atoms with van der Waals surface area (Å²) in [6, 6.07) is 10.1. The number of benzene rings is 1. The molecule has 0 atom stereocenters. The van der Waals surface area contributed by atoms with Gasteiger partial charge >= 0.3 is 0 Å². The Labute approximate surface area is 169 Å². The van der Waals surface area contributed by atoms with Crippen molar-refractivity contribution in [1.82, 2.24) is 10.2 Å². The molecule has 1 saturated heterocycles. The molecule has 142 valence electrons. The Balaban J connectivity index is 0.00000312. The Morgan fingerprint density at radius 1 is 1.20 bits per heavy atom. The highest BCUT2D eigenvalue weighted by Crippen LogP contribution is 2.18. The summed E-state index contributed by atoms with van der Waals surface area (Å²) in [7, 11) is 1.86. The molecule has 25 heavy (non-hydrogen) atoms. The summed E-state index contributed by atoms with van der Waals surface area (Å²) < 4.78 is 11.4. The Kier molecular flexibility index (Phi) is 11.6. The largest absolute Gasteiger partial charge is 0.490 e. The maximum absolute atomic E-state index is 6.05. The molecule has 1 aromatic carbocycles. The molecule has 0 aromatic heterocycles. The fourth-order valence-electron chi connectivity index (χ4n) is 2.88. The minimum absolute atomic E-state index is 0. The van der Waals surface area contributed by atoms with E-state index in [0.717, 1.165) is 70.2 Å². The zero-order valence-electron chi connectivity index (χ0n) is 15.4. The molecule has 0 radical (unpaired) electrons. The van der Waals surface area contributed by atoms with E-state index in [-0.39, 0.29) is 24.0 Å². The van der Waals surface area contributed by atoms with Crippen LogP contribution in [0.2, 0.25) is 0 Å². The zero-order valence-corrected chi connectivity index (χ0v) is 17.8. The first-order valence-corrected chi connectivity index (χ1v) is 9.08. The number of piperidine rings is 1. The molecule has 1 aliphatic heterocycles. The number of para-hydroxylation sites is 1. The minimum Gasteiger partial charge on any atom is -0.490 e. The van der Waals surface area contributed by atoms with Crippen molar-refractivity contribution in [1.29, 1.82) is 0 Å². The number of ether oxygens (including phenoxy) is 2. The molecule has 1 heterocycles. The number of halogens is 1. The van der Waals surface area contributed by atoms with Crippen LogP contribution in [0.4, 0.5) is 0 Å². The van der Waals surface area contributed by atoms with Crippen molar-refractivity contribution in [3.8, 4) is 5.75 Å². The Hall–Kier alpha value is -1.02. The van der Waals surface area contributed by atoms with Crippen molar-refractivity contribution in [2.75, 3.05) is 39.9 Å². The van der Waals surface area contributed by atoms with Gasteiger partial charge < -0.3 is 19.7 Å². The van der Waals surface area contributed by atoms with E-state index in [0.29, 0.717) is 6.10 Å². The average Bonchev–Trinajstić information content (AvgIpc) is 2.63. The van der Waals surface area contributed by atoms with Crippen LogP contribution in [0.15, 0.2) is 35.3 Å². The van der Waals surface area contributed by atoms with Gasteiger partial charge in [-0.1, -0.05) is 18.2 Å². The lowest BCUT2D eigenvalue weighted by Crippen LogP contribution is -2.47. The summed E-state index contributed by atoms with van der Waals surface area (Å²) >= 11 is 0. The van der Waals surface area contributed by atoms with Crippen molar-refractivity contribution in [2.45, 2.75) is 38.7 Å². The van der Waals surface area contributed by atoms with Crippen molar-refractivity contribution in [3.63, 3.8) is 0 Å².